The summed E-state index contributed by atoms with van der Waals surface area (Å²) in [5, 5.41) is 0. The van der Waals surface area contributed by atoms with Crippen LogP contribution in [0.15, 0.2) is 65.7 Å². The molecule has 6 nitrogen and oxygen atoms in total. The lowest BCUT2D eigenvalue weighted by Gasteiger charge is -2.36. The van der Waals surface area contributed by atoms with E-state index in [0.717, 1.165) is 23.4 Å². The molecule has 0 saturated heterocycles. The lowest BCUT2D eigenvalue weighted by molar-refractivity contribution is 0.296. The number of fused-ring (bicyclic) bond motifs is 1. The van der Waals surface area contributed by atoms with Crippen molar-refractivity contribution < 1.29 is 22.3 Å². The Kier molecular flexibility index (Phi) is 5.06. The van der Waals surface area contributed by atoms with Crippen LogP contribution in [0.5, 0.6) is 11.5 Å². The number of methoxy groups -OCH3 is 2. The molecule has 29 heavy (non-hydrogen) atoms. The van der Waals surface area contributed by atoms with Crippen LogP contribution in [-0.4, -0.2) is 38.1 Å². The van der Waals surface area contributed by atoms with Gasteiger partial charge in [0.15, 0.2) is 11.5 Å². The molecule has 0 unspecified atom stereocenters. The second-order valence-electron chi connectivity index (χ2n) is 6.71. The Balaban J connectivity index is 1.85. The summed E-state index contributed by atoms with van der Waals surface area (Å²) in [5.41, 5.74) is 1.61. The first-order valence-corrected chi connectivity index (χ1v) is 10.5. The number of sulfonamides is 1. The van der Waals surface area contributed by atoms with E-state index in [1.54, 1.807) is 19.2 Å². The first-order chi connectivity index (χ1) is 14.0. The average Bonchev–Trinajstić information content (AvgIpc) is 3.21. The topological polar surface area (TPSA) is 60.8 Å². The molecule has 0 aliphatic carbocycles. The van der Waals surface area contributed by atoms with Gasteiger partial charge in [-0.2, -0.15) is 4.31 Å². The Bertz CT molecular complexity index is 1130. The molecule has 2 heterocycles. The van der Waals surface area contributed by atoms with Crippen LogP contribution in [0.4, 0.5) is 4.39 Å². The van der Waals surface area contributed by atoms with Crippen LogP contribution >= 0.6 is 0 Å². The van der Waals surface area contributed by atoms with Gasteiger partial charge in [0, 0.05) is 25.0 Å². The zero-order valence-corrected chi connectivity index (χ0v) is 16.9. The van der Waals surface area contributed by atoms with E-state index in [1.165, 1.54) is 23.5 Å². The van der Waals surface area contributed by atoms with Crippen LogP contribution in [0.2, 0.25) is 0 Å². The molecule has 8 heteroatoms. The third-order valence-electron chi connectivity index (χ3n) is 5.14. The normalized spacial score (nSPS) is 17.0. The molecular weight excluding hydrogens is 395 g/mol. The lowest BCUT2D eigenvalue weighted by Crippen LogP contribution is -2.42. The van der Waals surface area contributed by atoms with Crippen LogP contribution < -0.4 is 9.47 Å². The molecule has 4 rings (SSSR count). The Morgan fingerprint density at radius 3 is 2.38 bits per heavy atom. The number of halogens is 1. The first kappa shape index (κ1) is 19.5. The molecule has 1 aromatic heterocycles. The van der Waals surface area contributed by atoms with Gasteiger partial charge >= 0.3 is 0 Å². The molecule has 0 radical (unpaired) electrons. The Labute approximate surface area is 169 Å². The van der Waals surface area contributed by atoms with Gasteiger partial charge in [-0.3, -0.25) is 0 Å². The van der Waals surface area contributed by atoms with Gasteiger partial charge in [0.2, 0.25) is 10.0 Å². The van der Waals surface area contributed by atoms with Crippen molar-refractivity contribution in [2.45, 2.75) is 17.5 Å². The van der Waals surface area contributed by atoms with Gasteiger partial charge in [-0.25, -0.2) is 12.8 Å². The van der Waals surface area contributed by atoms with Gasteiger partial charge in [0.05, 0.1) is 25.2 Å². The van der Waals surface area contributed by atoms with E-state index >= 15 is 0 Å². The fraction of sp³-hybridized carbons (Fsp3) is 0.238. The molecule has 3 aromatic rings. The molecule has 1 aliphatic rings. The fourth-order valence-electron chi connectivity index (χ4n) is 3.72. The highest BCUT2D eigenvalue weighted by molar-refractivity contribution is 7.89. The average molecular weight is 416 g/mol. The van der Waals surface area contributed by atoms with Gasteiger partial charge in [-0.05, 0) is 54.1 Å². The van der Waals surface area contributed by atoms with Crippen molar-refractivity contribution in [1.82, 2.24) is 8.87 Å². The maximum Gasteiger partial charge on any atom is 0.244 e. The predicted molar refractivity (Wildman–Crippen MR) is 106 cm³/mol. The Morgan fingerprint density at radius 1 is 0.966 bits per heavy atom. The van der Waals surface area contributed by atoms with Gasteiger partial charge < -0.3 is 14.0 Å². The van der Waals surface area contributed by atoms with Crippen molar-refractivity contribution in [3.63, 3.8) is 0 Å². The van der Waals surface area contributed by atoms with E-state index in [-0.39, 0.29) is 4.90 Å². The summed E-state index contributed by atoms with van der Waals surface area (Å²) in [6.07, 6.45) is 1.94. The zero-order valence-electron chi connectivity index (χ0n) is 16.1. The summed E-state index contributed by atoms with van der Waals surface area (Å²) >= 11 is 0. The maximum atomic E-state index is 13.4. The highest BCUT2D eigenvalue weighted by Gasteiger charge is 2.38. The summed E-state index contributed by atoms with van der Waals surface area (Å²) in [4.78, 5) is 0.0596. The van der Waals surface area contributed by atoms with E-state index in [1.807, 2.05) is 29.0 Å². The van der Waals surface area contributed by atoms with E-state index in [9.17, 15) is 12.8 Å². The van der Waals surface area contributed by atoms with Crippen molar-refractivity contribution in [3.8, 4) is 11.5 Å². The molecule has 0 amide bonds. The smallest absolute Gasteiger partial charge is 0.244 e. The summed E-state index contributed by atoms with van der Waals surface area (Å²) in [5.74, 6) is 0.608. The minimum atomic E-state index is -3.85. The molecule has 0 fully saturated rings. The van der Waals surface area contributed by atoms with Gasteiger partial charge in [-0.1, -0.05) is 6.07 Å². The molecular formula is C21H21FN2O4S. The second kappa shape index (κ2) is 7.53. The molecule has 0 bridgehead atoms. The van der Waals surface area contributed by atoms with Gasteiger partial charge in [-0.15, -0.1) is 0 Å². The van der Waals surface area contributed by atoms with E-state index in [4.69, 9.17) is 9.47 Å². The first-order valence-electron chi connectivity index (χ1n) is 9.10. The van der Waals surface area contributed by atoms with E-state index in [2.05, 4.69) is 0 Å². The molecule has 0 saturated carbocycles. The van der Waals surface area contributed by atoms with Crippen molar-refractivity contribution >= 4 is 10.0 Å². The molecule has 0 spiro atoms. The summed E-state index contributed by atoms with van der Waals surface area (Å²) in [6, 6.07) is 13.6. The molecule has 1 atom stereocenters. The van der Waals surface area contributed by atoms with Crippen molar-refractivity contribution in [3.05, 3.63) is 77.9 Å². The van der Waals surface area contributed by atoms with E-state index in [0.29, 0.717) is 24.6 Å². The molecule has 152 valence electrons. The Hall–Kier alpha value is -2.84. The second-order valence-corrected chi connectivity index (χ2v) is 8.60. The number of nitrogens with zero attached hydrogens (tertiary/aromatic N) is 2. The van der Waals surface area contributed by atoms with Crippen molar-refractivity contribution in [2.24, 2.45) is 0 Å². The fourth-order valence-corrected chi connectivity index (χ4v) is 5.30. The highest BCUT2D eigenvalue weighted by Crippen LogP contribution is 2.39. The number of benzene rings is 2. The zero-order chi connectivity index (χ0) is 20.6. The third-order valence-corrected chi connectivity index (χ3v) is 7.02. The largest absolute Gasteiger partial charge is 0.493 e. The number of rotatable bonds is 5. The summed E-state index contributed by atoms with van der Waals surface area (Å²) < 4.78 is 54.4. The standard InChI is InChI=1S/C21H21FN2O4S/c1-27-19-10-5-15(14-20(19)28-2)21-18-4-3-11-23(18)12-13-24(21)29(25,26)17-8-6-16(22)7-9-17/h3-11,14,21H,12-13H2,1-2H3/t21-/m1/s1. The summed E-state index contributed by atoms with van der Waals surface area (Å²) in [6.45, 7) is 0.826. The number of hydrogen-bond acceptors (Lipinski definition) is 4. The number of hydrogen-bond donors (Lipinski definition) is 0. The van der Waals surface area contributed by atoms with Gasteiger partial charge in [0.25, 0.3) is 0 Å². The molecule has 0 N–H and O–H groups in total. The minimum absolute atomic E-state index is 0.0596. The predicted octanol–water partition coefficient (Wildman–Crippen LogP) is 3.44. The van der Waals surface area contributed by atoms with Crippen molar-refractivity contribution in [1.29, 1.82) is 0 Å². The maximum absolute atomic E-state index is 13.4. The number of ether oxygens (including phenoxy) is 2. The van der Waals surface area contributed by atoms with Crippen LogP contribution in [0.1, 0.15) is 17.3 Å². The monoisotopic (exact) mass is 416 g/mol. The van der Waals surface area contributed by atoms with Gasteiger partial charge in [0.1, 0.15) is 5.82 Å². The van der Waals surface area contributed by atoms with Crippen LogP contribution in [0.3, 0.4) is 0 Å². The molecule has 1 aliphatic heterocycles. The van der Waals surface area contributed by atoms with Crippen LogP contribution in [0, 0.1) is 5.82 Å². The quantitative estimate of drug-likeness (QED) is 0.639. The lowest BCUT2D eigenvalue weighted by atomic mass is 10.0. The van der Waals surface area contributed by atoms with Crippen molar-refractivity contribution in [2.75, 3.05) is 20.8 Å². The Morgan fingerprint density at radius 2 is 1.69 bits per heavy atom. The number of aromatic nitrogens is 1. The van der Waals surface area contributed by atoms with E-state index < -0.39 is 21.9 Å². The SMILES string of the molecule is COc1ccc([C@@H]2c3cccn3CCN2S(=O)(=O)c2ccc(F)cc2)cc1OC. The highest BCUT2D eigenvalue weighted by atomic mass is 32.2. The minimum Gasteiger partial charge on any atom is -0.493 e. The third kappa shape index (κ3) is 3.38. The molecule has 2 aromatic carbocycles. The van der Waals surface area contributed by atoms with Crippen LogP contribution in [-0.2, 0) is 16.6 Å². The van der Waals surface area contributed by atoms with Crippen LogP contribution in [0.25, 0.3) is 0 Å². The summed E-state index contributed by atoms with van der Waals surface area (Å²) in [7, 11) is -0.761.